The Morgan fingerprint density at radius 3 is 2.86 bits per heavy atom. The maximum Gasteiger partial charge on any atom is 0.149 e. The lowest BCUT2D eigenvalue weighted by Gasteiger charge is -2.05. The normalized spacial score (nSPS) is 13.1. The van der Waals surface area contributed by atoms with Crippen molar-refractivity contribution in [3.8, 4) is 0 Å². The predicted octanol–water partition coefficient (Wildman–Crippen LogP) is 0.958. The molecule has 0 fully saturated rings. The van der Waals surface area contributed by atoms with Crippen LogP contribution in [0.1, 0.15) is 16.8 Å². The molecule has 0 aliphatic carbocycles. The number of hydrogen-bond acceptors (Lipinski definition) is 5. The first kappa shape index (κ1) is 9.99. The number of aryl methyl sites for hydroxylation is 1. The predicted molar refractivity (Wildman–Crippen MR) is 59.9 cm³/mol. The highest BCUT2D eigenvalue weighted by Crippen LogP contribution is 2.25. The van der Waals surface area contributed by atoms with E-state index in [0.717, 1.165) is 2.88 Å². The number of hydrogen-bond donors (Lipinski definition) is 1. The maximum atomic E-state index is 9.92. The third-order valence-corrected chi connectivity index (χ3v) is 3.54. The van der Waals surface area contributed by atoms with Gasteiger partial charge in [0.25, 0.3) is 0 Å². The van der Waals surface area contributed by atoms with Crippen LogP contribution in [-0.2, 0) is 7.05 Å². The first-order chi connectivity index (χ1) is 6.68. The molecule has 0 aliphatic rings. The van der Waals surface area contributed by atoms with Crippen LogP contribution in [0.15, 0.2) is 12.4 Å². The second-order valence-corrected chi connectivity index (χ2v) is 5.64. The Morgan fingerprint density at radius 2 is 2.36 bits per heavy atom. The fourth-order valence-corrected chi connectivity index (χ4v) is 2.52. The number of aliphatic hydroxyl groups is 1. The summed E-state index contributed by atoms with van der Waals surface area (Å²) in [6.07, 6.45) is 2.54. The molecular formula is C7H7IN4OS. The summed E-state index contributed by atoms with van der Waals surface area (Å²) in [5.41, 5.74) is 0.649. The van der Waals surface area contributed by atoms with Gasteiger partial charge in [0.2, 0.25) is 0 Å². The van der Waals surface area contributed by atoms with Crippen molar-refractivity contribution in [2.45, 2.75) is 6.10 Å². The Labute approximate surface area is 97.9 Å². The van der Waals surface area contributed by atoms with Gasteiger partial charge in [0.05, 0.1) is 21.0 Å². The van der Waals surface area contributed by atoms with E-state index in [2.05, 4.69) is 37.9 Å². The van der Waals surface area contributed by atoms with Crippen molar-refractivity contribution in [3.05, 3.63) is 26.0 Å². The molecule has 7 heteroatoms. The van der Waals surface area contributed by atoms with E-state index >= 15 is 0 Å². The summed E-state index contributed by atoms with van der Waals surface area (Å²) in [7, 11) is 1.74. The fraction of sp³-hybridized carbons (Fsp3) is 0.286. The molecule has 0 amide bonds. The number of thiazole rings is 1. The molecule has 2 rings (SSSR count). The Morgan fingerprint density at radius 1 is 1.57 bits per heavy atom. The standard InChI is InChI=1S/C7H7IN4OS/c1-12-4(2-10-11-12)6(13)7-9-3-5(8)14-7/h2-3,6,13H,1H3. The highest BCUT2D eigenvalue weighted by Gasteiger charge is 2.17. The summed E-state index contributed by atoms with van der Waals surface area (Å²) in [5.74, 6) is 0. The largest absolute Gasteiger partial charge is 0.379 e. The molecule has 0 radical (unpaired) electrons. The van der Waals surface area contributed by atoms with Crippen molar-refractivity contribution in [3.63, 3.8) is 0 Å². The van der Waals surface area contributed by atoms with Crippen LogP contribution in [0.3, 0.4) is 0 Å². The summed E-state index contributed by atoms with van der Waals surface area (Å²) < 4.78 is 2.59. The van der Waals surface area contributed by atoms with Gasteiger partial charge in [-0.15, -0.1) is 16.4 Å². The molecule has 0 bridgehead atoms. The molecule has 2 aromatic rings. The summed E-state index contributed by atoms with van der Waals surface area (Å²) in [6, 6.07) is 0. The van der Waals surface area contributed by atoms with Gasteiger partial charge in [-0.3, -0.25) is 0 Å². The number of halogens is 1. The fourth-order valence-electron chi connectivity index (χ4n) is 1.07. The lowest BCUT2D eigenvalue weighted by molar-refractivity contribution is 0.209. The zero-order valence-electron chi connectivity index (χ0n) is 7.25. The van der Waals surface area contributed by atoms with Crippen LogP contribution in [0.25, 0.3) is 0 Å². The molecule has 5 nitrogen and oxygen atoms in total. The third kappa shape index (κ3) is 1.79. The molecule has 0 saturated heterocycles. The molecule has 0 saturated carbocycles. The van der Waals surface area contributed by atoms with Gasteiger partial charge >= 0.3 is 0 Å². The average molecular weight is 322 g/mol. The molecule has 14 heavy (non-hydrogen) atoms. The first-order valence-electron chi connectivity index (χ1n) is 3.82. The molecule has 1 atom stereocenters. The van der Waals surface area contributed by atoms with Gasteiger partial charge in [-0.05, 0) is 22.6 Å². The van der Waals surface area contributed by atoms with Crippen molar-refractivity contribution >= 4 is 33.9 Å². The van der Waals surface area contributed by atoms with Crippen LogP contribution >= 0.6 is 33.9 Å². The van der Waals surface area contributed by atoms with Crippen molar-refractivity contribution in [1.82, 2.24) is 20.0 Å². The van der Waals surface area contributed by atoms with Gasteiger partial charge in [0, 0.05) is 7.05 Å². The van der Waals surface area contributed by atoms with Gasteiger partial charge in [0.1, 0.15) is 11.1 Å². The van der Waals surface area contributed by atoms with E-state index < -0.39 is 6.10 Å². The van der Waals surface area contributed by atoms with Gasteiger partial charge in [-0.25, -0.2) is 9.67 Å². The monoisotopic (exact) mass is 322 g/mol. The number of rotatable bonds is 2. The van der Waals surface area contributed by atoms with Crippen LogP contribution < -0.4 is 0 Å². The van der Waals surface area contributed by atoms with E-state index in [0.29, 0.717) is 10.7 Å². The number of aliphatic hydroxyl groups excluding tert-OH is 1. The van der Waals surface area contributed by atoms with E-state index in [1.54, 1.807) is 24.1 Å². The Bertz CT molecular complexity index is 440. The summed E-state index contributed by atoms with van der Waals surface area (Å²) in [4.78, 5) is 4.10. The number of aromatic nitrogens is 4. The highest BCUT2D eigenvalue weighted by molar-refractivity contribution is 14.1. The molecule has 0 aliphatic heterocycles. The quantitative estimate of drug-likeness (QED) is 0.837. The summed E-state index contributed by atoms with van der Waals surface area (Å²) in [5, 5.41) is 18.0. The SMILES string of the molecule is Cn1nncc1C(O)c1ncc(I)s1. The lowest BCUT2D eigenvalue weighted by atomic mass is 10.3. The Kier molecular flexibility index (Phi) is 2.79. The van der Waals surface area contributed by atoms with Crippen molar-refractivity contribution < 1.29 is 5.11 Å². The van der Waals surface area contributed by atoms with E-state index in [1.165, 1.54) is 11.3 Å². The zero-order valence-corrected chi connectivity index (χ0v) is 10.2. The molecule has 2 heterocycles. The zero-order chi connectivity index (χ0) is 10.1. The smallest absolute Gasteiger partial charge is 0.149 e. The minimum Gasteiger partial charge on any atom is -0.379 e. The van der Waals surface area contributed by atoms with Crippen LogP contribution in [0.5, 0.6) is 0 Å². The lowest BCUT2D eigenvalue weighted by Crippen LogP contribution is -2.05. The van der Waals surface area contributed by atoms with Crippen LogP contribution in [0, 0.1) is 2.88 Å². The third-order valence-electron chi connectivity index (χ3n) is 1.76. The van der Waals surface area contributed by atoms with E-state index in [-0.39, 0.29) is 0 Å². The van der Waals surface area contributed by atoms with E-state index in [9.17, 15) is 5.11 Å². The minimum absolute atomic E-state index is 0.649. The Balaban J connectivity index is 2.33. The first-order valence-corrected chi connectivity index (χ1v) is 5.72. The molecule has 2 aromatic heterocycles. The van der Waals surface area contributed by atoms with Crippen molar-refractivity contribution in [2.75, 3.05) is 0 Å². The number of nitrogens with zero attached hydrogens (tertiary/aromatic N) is 4. The van der Waals surface area contributed by atoms with Gasteiger partial charge in [-0.2, -0.15) is 0 Å². The minimum atomic E-state index is -0.733. The van der Waals surface area contributed by atoms with Gasteiger partial charge in [-0.1, -0.05) is 5.21 Å². The molecular weight excluding hydrogens is 315 g/mol. The van der Waals surface area contributed by atoms with Crippen LogP contribution in [0.2, 0.25) is 0 Å². The second kappa shape index (κ2) is 3.91. The Hall–Kier alpha value is -0.540. The maximum absolute atomic E-state index is 9.92. The topological polar surface area (TPSA) is 63.8 Å². The van der Waals surface area contributed by atoms with Gasteiger partial charge < -0.3 is 5.11 Å². The summed E-state index contributed by atoms with van der Waals surface area (Å²) in [6.45, 7) is 0. The van der Waals surface area contributed by atoms with Crippen molar-refractivity contribution in [2.24, 2.45) is 7.05 Å². The molecule has 0 spiro atoms. The summed E-state index contributed by atoms with van der Waals surface area (Å²) >= 11 is 3.63. The molecule has 1 unspecified atom stereocenters. The van der Waals surface area contributed by atoms with Crippen LogP contribution in [-0.4, -0.2) is 25.1 Å². The average Bonchev–Trinajstić information content (AvgIpc) is 2.73. The van der Waals surface area contributed by atoms with E-state index in [1.807, 2.05) is 0 Å². The van der Waals surface area contributed by atoms with E-state index in [4.69, 9.17) is 0 Å². The highest BCUT2D eigenvalue weighted by atomic mass is 127. The second-order valence-electron chi connectivity index (χ2n) is 2.69. The molecule has 0 aromatic carbocycles. The van der Waals surface area contributed by atoms with Crippen LogP contribution in [0.4, 0.5) is 0 Å². The van der Waals surface area contributed by atoms with Gasteiger partial charge in [0.15, 0.2) is 0 Å². The van der Waals surface area contributed by atoms with Crippen molar-refractivity contribution in [1.29, 1.82) is 0 Å². The molecule has 74 valence electrons. The molecule has 1 N–H and O–H groups in total.